The number of carboxylic acid groups (broad SMARTS) is 1. The predicted molar refractivity (Wildman–Crippen MR) is 84.7 cm³/mol. The standard InChI is InChI=1S/C17H29NO5/c1-4-14-11(2)9-12(3)17(22,23-14)10-15(19)18-8-6-5-7-13(18)16(20)21/h11-14,22H,4-10H2,1-3H3,(H,20,21). The number of likely N-dealkylation sites (tertiary alicyclic amines) is 1. The van der Waals surface area contributed by atoms with Gasteiger partial charge in [0.1, 0.15) is 6.04 Å². The van der Waals surface area contributed by atoms with Gasteiger partial charge < -0.3 is 19.8 Å². The number of rotatable bonds is 4. The zero-order chi connectivity index (χ0) is 17.2. The van der Waals surface area contributed by atoms with Crippen molar-refractivity contribution in [2.45, 2.75) is 77.2 Å². The molecule has 0 spiro atoms. The number of ether oxygens (including phenoxy) is 1. The Morgan fingerprint density at radius 3 is 2.61 bits per heavy atom. The predicted octanol–water partition coefficient (Wildman–Crippen LogP) is 2.00. The summed E-state index contributed by atoms with van der Waals surface area (Å²) in [5.41, 5.74) is 0. The maximum atomic E-state index is 12.6. The molecule has 2 aliphatic rings. The number of carboxylic acids is 1. The normalized spacial score (nSPS) is 38.3. The van der Waals surface area contributed by atoms with Crippen LogP contribution in [0.15, 0.2) is 0 Å². The van der Waals surface area contributed by atoms with E-state index < -0.39 is 17.8 Å². The Labute approximate surface area is 137 Å². The number of nitrogens with zero attached hydrogens (tertiary/aromatic N) is 1. The third-order valence-corrected chi connectivity index (χ3v) is 5.40. The molecule has 2 fully saturated rings. The average Bonchev–Trinajstić information content (AvgIpc) is 2.51. The quantitative estimate of drug-likeness (QED) is 0.825. The van der Waals surface area contributed by atoms with Crippen LogP contribution in [0.25, 0.3) is 0 Å². The van der Waals surface area contributed by atoms with Crippen LogP contribution in [-0.4, -0.2) is 51.5 Å². The van der Waals surface area contributed by atoms with Crippen LogP contribution >= 0.6 is 0 Å². The van der Waals surface area contributed by atoms with E-state index in [0.717, 1.165) is 25.7 Å². The van der Waals surface area contributed by atoms with Gasteiger partial charge in [-0.2, -0.15) is 0 Å². The fourth-order valence-corrected chi connectivity index (χ4v) is 3.89. The van der Waals surface area contributed by atoms with Crippen molar-refractivity contribution in [2.24, 2.45) is 11.8 Å². The van der Waals surface area contributed by atoms with Crippen molar-refractivity contribution in [3.8, 4) is 0 Å². The van der Waals surface area contributed by atoms with Crippen LogP contribution in [-0.2, 0) is 14.3 Å². The van der Waals surface area contributed by atoms with Crippen LogP contribution in [0.4, 0.5) is 0 Å². The van der Waals surface area contributed by atoms with Gasteiger partial charge in [-0.3, -0.25) is 4.79 Å². The first-order valence-electron chi connectivity index (χ1n) is 8.71. The van der Waals surface area contributed by atoms with E-state index in [0.29, 0.717) is 18.9 Å². The summed E-state index contributed by atoms with van der Waals surface area (Å²) in [6.07, 6.45) is 3.44. The van der Waals surface area contributed by atoms with Crippen molar-refractivity contribution >= 4 is 11.9 Å². The molecule has 5 atom stereocenters. The highest BCUT2D eigenvalue weighted by Gasteiger charge is 2.46. The topological polar surface area (TPSA) is 87.1 Å². The van der Waals surface area contributed by atoms with Gasteiger partial charge in [0.05, 0.1) is 12.5 Å². The summed E-state index contributed by atoms with van der Waals surface area (Å²) in [7, 11) is 0. The van der Waals surface area contributed by atoms with E-state index >= 15 is 0 Å². The van der Waals surface area contributed by atoms with Crippen molar-refractivity contribution in [1.29, 1.82) is 0 Å². The van der Waals surface area contributed by atoms with Crippen LogP contribution in [0, 0.1) is 11.8 Å². The molecule has 1 amide bonds. The van der Waals surface area contributed by atoms with Crippen molar-refractivity contribution in [3.05, 3.63) is 0 Å². The second kappa shape index (κ2) is 7.18. The molecule has 132 valence electrons. The Hall–Kier alpha value is -1.14. The SMILES string of the molecule is CCC1OC(O)(CC(=O)N2CCCCC2C(=O)O)C(C)CC1C. The monoisotopic (exact) mass is 327 g/mol. The molecule has 5 unspecified atom stereocenters. The molecule has 0 saturated carbocycles. The van der Waals surface area contributed by atoms with E-state index in [9.17, 15) is 19.8 Å². The summed E-state index contributed by atoms with van der Waals surface area (Å²) >= 11 is 0. The van der Waals surface area contributed by atoms with E-state index in [1.807, 2.05) is 13.8 Å². The van der Waals surface area contributed by atoms with Gasteiger partial charge in [-0.15, -0.1) is 0 Å². The zero-order valence-corrected chi connectivity index (χ0v) is 14.3. The van der Waals surface area contributed by atoms with E-state index in [1.54, 1.807) is 0 Å². The number of amides is 1. The van der Waals surface area contributed by atoms with Crippen LogP contribution < -0.4 is 0 Å². The minimum Gasteiger partial charge on any atom is -0.480 e. The maximum Gasteiger partial charge on any atom is 0.326 e. The van der Waals surface area contributed by atoms with Crippen molar-refractivity contribution < 1.29 is 24.5 Å². The van der Waals surface area contributed by atoms with Gasteiger partial charge in [-0.05, 0) is 38.0 Å². The first kappa shape index (κ1) is 18.2. The number of hydrogen-bond donors (Lipinski definition) is 2. The lowest BCUT2D eigenvalue weighted by atomic mass is 9.81. The van der Waals surface area contributed by atoms with Crippen LogP contribution in [0.2, 0.25) is 0 Å². The Kier molecular flexibility index (Phi) is 5.68. The minimum absolute atomic E-state index is 0.0689. The Morgan fingerprint density at radius 2 is 2.00 bits per heavy atom. The molecule has 0 radical (unpaired) electrons. The van der Waals surface area contributed by atoms with Crippen LogP contribution in [0.3, 0.4) is 0 Å². The fraction of sp³-hybridized carbons (Fsp3) is 0.882. The van der Waals surface area contributed by atoms with E-state index in [2.05, 4.69) is 6.92 Å². The largest absolute Gasteiger partial charge is 0.480 e. The molecule has 6 heteroatoms. The molecule has 2 rings (SSSR count). The van der Waals surface area contributed by atoms with Gasteiger partial charge in [0.15, 0.2) is 5.79 Å². The highest BCUT2D eigenvalue weighted by molar-refractivity contribution is 5.84. The molecule has 2 N–H and O–H groups in total. The zero-order valence-electron chi connectivity index (χ0n) is 14.3. The first-order valence-corrected chi connectivity index (χ1v) is 8.71. The van der Waals surface area contributed by atoms with E-state index in [4.69, 9.17) is 4.74 Å². The number of aliphatic hydroxyl groups is 1. The number of carbonyl (C=O) groups is 2. The highest BCUT2D eigenvalue weighted by Crippen LogP contribution is 2.39. The minimum atomic E-state index is -1.50. The summed E-state index contributed by atoms with van der Waals surface area (Å²) in [5, 5.41) is 20.2. The Morgan fingerprint density at radius 1 is 1.30 bits per heavy atom. The molecule has 2 saturated heterocycles. The molecule has 23 heavy (non-hydrogen) atoms. The summed E-state index contributed by atoms with van der Waals surface area (Å²) in [6.45, 7) is 6.43. The second-order valence-corrected chi connectivity index (χ2v) is 7.14. The first-order chi connectivity index (χ1) is 10.8. The number of piperidine rings is 1. The van der Waals surface area contributed by atoms with Gasteiger partial charge in [0.2, 0.25) is 5.91 Å². The van der Waals surface area contributed by atoms with Gasteiger partial charge >= 0.3 is 5.97 Å². The summed E-state index contributed by atoms with van der Waals surface area (Å²) in [4.78, 5) is 25.4. The lowest BCUT2D eigenvalue weighted by molar-refractivity contribution is -0.293. The third kappa shape index (κ3) is 3.86. The number of carbonyl (C=O) groups excluding carboxylic acids is 1. The molecule has 0 bridgehead atoms. The van der Waals surface area contributed by atoms with Gasteiger partial charge in [0.25, 0.3) is 0 Å². The van der Waals surface area contributed by atoms with E-state index in [-0.39, 0.29) is 24.3 Å². The van der Waals surface area contributed by atoms with Gasteiger partial charge in [-0.25, -0.2) is 4.79 Å². The molecule has 0 aromatic carbocycles. The Bertz CT molecular complexity index is 454. The molecule has 2 aliphatic heterocycles. The number of hydrogen-bond acceptors (Lipinski definition) is 4. The number of aliphatic carboxylic acids is 1. The van der Waals surface area contributed by atoms with Gasteiger partial charge in [0, 0.05) is 12.5 Å². The highest BCUT2D eigenvalue weighted by atomic mass is 16.6. The summed E-state index contributed by atoms with van der Waals surface area (Å²) in [6, 6.07) is -0.778. The van der Waals surface area contributed by atoms with Crippen LogP contribution in [0.5, 0.6) is 0 Å². The third-order valence-electron chi connectivity index (χ3n) is 5.40. The molecule has 2 heterocycles. The second-order valence-electron chi connectivity index (χ2n) is 7.14. The lowest BCUT2D eigenvalue weighted by Gasteiger charge is -2.45. The van der Waals surface area contributed by atoms with Gasteiger partial charge in [-0.1, -0.05) is 20.8 Å². The van der Waals surface area contributed by atoms with Crippen molar-refractivity contribution in [3.63, 3.8) is 0 Å². The molecule has 0 aromatic rings. The van der Waals surface area contributed by atoms with Crippen molar-refractivity contribution in [1.82, 2.24) is 4.90 Å². The summed E-state index contributed by atoms with van der Waals surface area (Å²) < 4.78 is 5.87. The molecular formula is C17H29NO5. The van der Waals surface area contributed by atoms with Crippen molar-refractivity contribution in [2.75, 3.05) is 6.54 Å². The molecule has 6 nitrogen and oxygen atoms in total. The average molecular weight is 327 g/mol. The van der Waals surface area contributed by atoms with Crippen LogP contribution in [0.1, 0.15) is 59.3 Å². The fourth-order valence-electron chi connectivity index (χ4n) is 3.89. The summed E-state index contributed by atoms with van der Waals surface area (Å²) in [5.74, 6) is -2.60. The molecule has 0 aliphatic carbocycles. The maximum absolute atomic E-state index is 12.6. The molecular weight excluding hydrogens is 298 g/mol. The van der Waals surface area contributed by atoms with E-state index in [1.165, 1.54) is 4.90 Å². The lowest BCUT2D eigenvalue weighted by Crippen LogP contribution is -2.55. The Balaban J connectivity index is 2.09. The smallest absolute Gasteiger partial charge is 0.326 e. The molecule has 0 aromatic heterocycles.